The number of likely N-dealkylation sites (N-methyl/N-ethyl adjacent to an activating group) is 2. The van der Waals surface area contributed by atoms with Crippen LogP contribution in [0.4, 0.5) is 10.6 Å². The largest absolute Gasteiger partial charge is 0.363 e. The lowest BCUT2D eigenvalue weighted by atomic mass is 9.76. The Morgan fingerprint density at radius 2 is 2.00 bits per heavy atom. The van der Waals surface area contributed by atoms with Crippen molar-refractivity contribution >= 4 is 23.2 Å². The summed E-state index contributed by atoms with van der Waals surface area (Å²) in [5.41, 5.74) is 4.86. The molecule has 1 fully saturated rings. The Morgan fingerprint density at radius 3 is 2.61 bits per heavy atom. The van der Waals surface area contributed by atoms with E-state index in [2.05, 4.69) is 52.9 Å². The summed E-state index contributed by atoms with van der Waals surface area (Å²) >= 11 is 0. The number of benzene rings is 1. The van der Waals surface area contributed by atoms with Crippen LogP contribution < -0.4 is 0 Å². The Morgan fingerprint density at radius 1 is 1.27 bits per heavy atom. The van der Waals surface area contributed by atoms with Crippen molar-refractivity contribution in [2.75, 3.05) is 27.2 Å². The third-order valence-corrected chi connectivity index (χ3v) is 6.86. The highest BCUT2D eigenvalue weighted by Crippen LogP contribution is 2.40. The van der Waals surface area contributed by atoms with Gasteiger partial charge in [0.2, 0.25) is 17.4 Å². The zero-order valence-electron chi connectivity index (χ0n) is 19.8. The van der Waals surface area contributed by atoms with Crippen molar-refractivity contribution in [3.8, 4) is 0 Å². The minimum absolute atomic E-state index is 0.0446. The topological polar surface area (TPSA) is 73.7 Å². The second kappa shape index (κ2) is 8.86. The number of allylic oxidation sites excluding steroid dienone is 2. The molecule has 1 aliphatic carbocycles. The maximum Gasteiger partial charge on any atom is 0.319 e. The number of carbonyl (C=O) groups excluding carboxylic acids is 2. The molecule has 0 atom stereocenters. The summed E-state index contributed by atoms with van der Waals surface area (Å²) in [5.74, 6) is 0.585. The lowest BCUT2D eigenvalue weighted by molar-refractivity contribution is 0.0984. The molecule has 2 aromatic rings. The first kappa shape index (κ1) is 22.8. The smallest absolute Gasteiger partial charge is 0.319 e. The molecule has 0 bridgehead atoms. The highest BCUT2D eigenvalue weighted by Gasteiger charge is 2.29. The number of aromatic nitrogens is 2. The van der Waals surface area contributed by atoms with E-state index in [1.54, 1.807) is 9.80 Å². The van der Waals surface area contributed by atoms with Gasteiger partial charge in [0.05, 0.1) is 6.20 Å². The van der Waals surface area contributed by atoms with Crippen LogP contribution in [0.1, 0.15) is 66.3 Å². The molecule has 2 aliphatic rings. The molecule has 1 aromatic carbocycles. The van der Waals surface area contributed by atoms with Gasteiger partial charge in [0.15, 0.2) is 0 Å². The molecule has 1 N–H and O–H groups in total. The monoisotopic (exact) mass is 445 g/mol. The molecule has 0 spiro atoms. The quantitative estimate of drug-likeness (QED) is 0.516. The van der Waals surface area contributed by atoms with Crippen LogP contribution in [0.25, 0.3) is 10.4 Å². The van der Waals surface area contributed by atoms with Crippen LogP contribution in [0.15, 0.2) is 30.5 Å². The average Bonchev–Trinajstić information content (AvgIpc) is 3.27. The number of hydrogen-bond acceptors (Lipinski definition) is 3. The van der Waals surface area contributed by atoms with Crippen molar-refractivity contribution < 1.29 is 9.59 Å². The predicted octanol–water partition coefficient (Wildman–Crippen LogP) is 5.06. The van der Waals surface area contributed by atoms with Crippen molar-refractivity contribution in [2.24, 2.45) is 5.41 Å². The van der Waals surface area contributed by atoms with E-state index in [-0.39, 0.29) is 41.2 Å². The first-order chi connectivity index (χ1) is 15.7. The van der Waals surface area contributed by atoms with E-state index in [0.717, 1.165) is 30.4 Å². The number of Topliss-reactive ketones (excluding diaryl/α,β-unsaturated/α-hetero) is 1. The molecular formula is C26H31N5O2. The van der Waals surface area contributed by atoms with Gasteiger partial charge in [0.1, 0.15) is 0 Å². The highest BCUT2D eigenvalue weighted by atomic mass is 16.2. The summed E-state index contributed by atoms with van der Waals surface area (Å²) in [6, 6.07) is 6.41. The first-order valence-electron chi connectivity index (χ1n) is 11.4. The summed E-state index contributed by atoms with van der Waals surface area (Å²) in [7, 11) is 3.68. The minimum Gasteiger partial charge on any atom is -0.363 e. The van der Waals surface area contributed by atoms with Gasteiger partial charge in [-0.25, -0.2) is 9.78 Å². The molecule has 172 valence electrons. The predicted molar refractivity (Wildman–Crippen MR) is 128 cm³/mol. The summed E-state index contributed by atoms with van der Waals surface area (Å²) < 4.78 is 0. The van der Waals surface area contributed by atoms with Crippen LogP contribution in [-0.2, 0) is 6.42 Å². The maximum absolute atomic E-state index is 12.9. The SMILES string of the molecule is [C-]#[N+]c1cnc(C(=O)Cc2ccc(C3CN(C)C(=O)N(C)C3)cc2C2=CCC(C)(C)CC2)[nH]1. The van der Waals surface area contributed by atoms with Crippen LogP contribution in [0.5, 0.6) is 0 Å². The fourth-order valence-electron chi connectivity index (χ4n) is 4.77. The zero-order chi connectivity index (χ0) is 23.8. The van der Waals surface area contributed by atoms with E-state index >= 15 is 0 Å². The Bertz CT molecular complexity index is 1140. The van der Waals surface area contributed by atoms with Gasteiger partial charge in [-0.05, 0) is 46.9 Å². The lowest BCUT2D eigenvalue weighted by Crippen LogP contribution is -2.48. The third kappa shape index (κ3) is 4.85. The van der Waals surface area contributed by atoms with E-state index in [1.807, 2.05) is 14.1 Å². The molecule has 1 aliphatic heterocycles. The Hall–Kier alpha value is -3.40. The second-order valence-corrected chi connectivity index (χ2v) is 10.1. The minimum atomic E-state index is -0.127. The van der Waals surface area contributed by atoms with E-state index < -0.39 is 0 Å². The zero-order valence-corrected chi connectivity index (χ0v) is 19.8. The Labute approximate surface area is 195 Å². The highest BCUT2D eigenvalue weighted by molar-refractivity contribution is 5.95. The normalized spacial score (nSPS) is 18.8. The number of amides is 2. The average molecular weight is 446 g/mol. The van der Waals surface area contributed by atoms with Crippen LogP contribution in [0.2, 0.25) is 0 Å². The molecule has 0 saturated carbocycles. The number of rotatable bonds is 5. The number of hydrogen-bond donors (Lipinski definition) is 1. The summed E-state index contributed by atoms with van der Waals surface area (Å²) in [4.78, 5) is 38.8. The van der Waals surface area contributed by atoms with E-state index in [0.29, 0.717) is 13.1 Å². The Balaban J connectivity index is 1.67. The van der Waals surface area contributed by atoms with Gasteiger partial charge in [0.25, 0.3) is 0 Å². The van der Waals surface area contributed by atoms with Crippen LogP contribution in [-0.4, -0.2) is 58.8 Å². The van der Waals surface area contributed by atoms with Crippen molar-refractivity contribution in [1.82, 2.24) is 19.8 Å². The first-order valence-corrected chi connectivity index (χ1v) is 11.4. The fourth-order valence-corrected chi connectivity index (χ4v) is 4.77. The molecule has 1 aromatic heterocycles. The van der Waals surface area contributed by atoms with Gasteiger partial charge < -0.3 is 14.6 Å². The summed E-state index contributed by atoms with van der Waals surface area (Å²) in [6.45, 7) is 13.0. The van der Waals surface area contributed by atoms with Crippen LogP contribution >= 0.6 is 0 Å². The lowest BCUT2D eigenvalue weighted by Gasteiger charge is -2.37. The number of H-pyrrole nitrogens is 1. The van der Waals surface area contributed by atoms with Crippen molar-refractivity contribution in [1.29, 1.82) is 0 Å². The van der Waals surface area contributed by atoms with Gasteiger partial charge in [-0.15, -0.1) is 0 Å². The molecular weight excluding hydrogens is 414 g/mol. The number of nitrogens with one attached hydrogen (secondary N) is 1. The van der Waals surface area contributed by atoms with E-state index in [9.17, 15) is 9.59 Å². The standard InChI is InChI=1S/C26H31N5O2/c1-26(2)10-8-17(9-11-26)21-12-18(20-15-30(4)25(33)31(5)16-20)6-7-19(21)13-22(32)24-28-14-23(27-3)29-24/h6-8,12,14,20H,9-11,13,15-16H2,1-2,4-5H3,(H,28,29). The molecule has 2 amide bonds. The molecule has 0 unspecified atom stereocenters. The molecule has 7 heteroatoms. The fraction of sp³-hybridized carbons (Fsp3) is 0.462. The van der Waals surface area contributed by atoms with Gasteiger partial charge in [-0.1, -0.05) is 44.7 Å². The summed E-state index contributed by atoms with van der Waals surface area (Å²) in [5, 5.41) is 0. The van der Waals surface area contributed by atoms with E-state index in [4.69, 9.17) is 6.57 Å². The number of ketones is 1. The molecule has 2 heterocycles. The number of nitrogens with zero attached hydrogens (tertiary/aromatic N) is 4. The molecule has 7 nitrogen and oxygen atoms in total. The second-order valence-electron chi connectivity index (χ2n) is 10.1. The van der Waals surface area contributed by atoms with Crippen molar-refractivity contribution in [3.63, 3.8) is 0 Å². The van der Waals surface area contributed by atoms with E-state index in [1.165, 1.54) is 17.3 Å². The van der Waals surface area contributed by atoms with Gasteiger partial charge in [-0.3, -0.25) is 9.78 Å². The molecule has 0 radical (unpaired) electrons. The van der Waals surface area contributed by atoms with Crippen molar-refractivity contribution in [3.05, 3.63) is 64.4 Å². The Kier molecular flexibility index (Phi) is 6.11. The summed E-state index contributed by atoms with van der Waals surface area (Å²) in [6.07, 6.45) is 7.03. The maximum atomic E-state index is 12.9. The van der Waals surface area contributed by atoms with Gasteiger partial charge >= 0.3 is 6.03 Å². The number of urea groups is 1. The molecule has 4 rings (SSSR count). The van der Waals surface area contributed by atoms with Gasteiger partial charge in [-0.2, -0.15) is 0 Å². The third-order valence-electron chi connectivity index (χ3n) is 6.86. The van der Waals surface area contributed by atoms with Crippen LogP contribution in [0, 0.1) is 12.0 Å². The number of imidazole rings is 1. The molecule has 33 heavy (non-hydrogen) atoms. The number of carbonyl (C=O) groups is 2. The van der Waals surface area contributed by atoms with Crippen LogP contribution in [0.3, 0.4) is 0 Å². The number of aromatic amines is 1. The van der Waals surface area contributed by atoms with Crippen molar-refractivity contribution in [2.45, 2.75) is 45.4 Å². The van der Waals surface area contributed by atoms with Gasteiger partial charge in [0, 0.05) is 39.5 Å². The molecule has 1 saturated heterocycles.